The molecule has 2 nitrogen and oxygen atoms in total. The molecule has 28 heavy (non-hydrogen) atoms. The number of allylic oxidation sites excluding steroid dienone is 1. The Morgan fingerprint density at radius 2 is 1.57 bits per heavy atom. The van der Waals surface area contributed by atoms with Crippen molar-refractivity contribution in [3.8, 4) is 5.75 Å². The Labute approximate surface area is 157 Å². The van der Waals surface area contributed by atoms with E-state index < -0.39 is 65.9 Å². The van der Waals surface area contributed by atoms with Crippen LogP contribution in [0.4, 0.5) is 30.7 Å². The number of hydrogen-bond acceptors (Lipinski definition) is 2. The van der Waals surface area contributed by atoms with Gasteiger partial charge in [0.1, 0.15) is 11.4 Å². The van der Waals surface area contributed by atoms with E-state index in [0.717, 1.165) is 12.1 Å². The second-order valence-electron chi connectivity index (χ2n) is 7.54. The molecule has 1 fully saturated rings. The molecule has 2 bridgehead atoms. The smallest absolute Gasteiger partial charge is 0.392 e. The third-order valence-electron chi connectivity index (χ3n) is 5.56. The Bertz CT molecular complexity index is 777. The number of hydrogen-bond donors (Lipinski definition) is 0. The Balaban J connectivity index is 1.70. The zero-order valence-corrected chi connectivity index (χ0v) is 15.1. The minimum absolute atomic E-state index is 0.228. The lowest BCUT2D eigenvalue weighted by Gasteiger charge is -2.48. The van der Waals surface area contributed by atoms with Crippen molar-refractivity contribution in [2.75, 3.05) is 6.61 Å². The quantitative estimate of drug-likeness (QED) is 0.511. The van der Waals surface area contributed by atoms with Crippen LogP contribution in [0.25, 0.3) is 0 Å². The zero-order chi connectivity index (χ0) is 20.7. The van der Waals surface area contributed by atoms with E-state index in [1.807, 2.05) is 0 Å². The van der Waals surface area contributed by atoms with Gasteiger partial charge in [-0.25, -0.2) is 13.2 Å². The second-order valence-corrected chi connectivity index (χ2v) is 7.54. The molecule has 9 heteroatoms. The van der Waals surface area contributed by atoms with Gasteiger partial charge in [0.05, 0.1) is 19.6 Å². The lowest BCUT2D eigenvalue weighted by atomic mass is 9.63. The molecule has 0 heterocycles. The number of ether oxygens (including phenoxy) is 2. The lowest BCUT2D eigenvalue weighted by Crippen LogP contribution is -2.47. The summed E-state index contributed by atoms with van der Waals surface area (Å²) in [6.07, 6.45) is -4.57. The van der Waals surface area contributed by atoms with Gasteiger partial charge in [-0.2, -0.15) is 17.6 Å². The second kappa shape index (κ2) is 7.24. The van der Waals surface area contributed by atoms with Crippen molar-refractivity contribution in [3.05, 3.63) is 41.0 Å². The SMILES string of the molecule is CC12CCC(OCc3ccc(OCCC(F)(F)F)c(F)c3F)(CC1)C(F)=C2F. The largest absolute Gasteiger partial charge is 0.490 e. The molecule has 156 valence electrons. The molecule has 1 aromatic rings. The predicted octanol–water partition coefficient (Wildman–Crippen LogP) is 6.30. The summed E-state index contributed by atoms with van der Waals surface area (Å²) >= 11 is 0. The molecule has 3 aliphatic rings. The van der Waals surface area contributed by atoms with E-state index in [2.05, 4.69) is 4.74 Å². The van der Waals surface area contributed by atoms with Gasteiger partial charge in [-0.1, -0.05) is 6.92 Å². The first-order valence-electron chi connectivity index (χ1n) is 8.84. The van der Waals surface area contributed by atoms with Crippen molar-refractivity contribution in [2.24, 2.45) is 5.41 Å². The molecular formula is C19H19F7O2. The van der Waals surface area contributed by atoms with Crippen LogP contribution in [0.2, 0.25) is 0 Å². The molecule has 3 aliphatic carbocycles. The third kappa shape index (κ3) is 3.86. The molecule has 0 aliphatic heterocycles. The highest BCUT2D eigenvalue weighted by atomic mass is 19.4. The van der Waals surface area contributed by atoms with E-state index in [0.29, 0.717) is 12.8 Å². The van der Waals surface area contributed by atoms with E-state index in [4.69, 9.17) is 4.74 Å². The minimum atomic E-state index is -4.48. The topological polar surface area (TPSA) is 18.5 Å². The molecular weight excluding hydrogens is 393 g/mol. The highest BCUT2D eigenvalue weighted by molar-refractivity contribution is 5.32. The summed E-state index contributed by atoms with van der Waals surface area (Å²) < 4.78 is 103. The third-order valence-corrected chi connectivity index (χ3v) is 5.56. The summed E-state index contributed by atoms with van der Waals surface area (Å²) in [5.41, 5.74) is -2.60. The van der Waals surface area contributed by atoms with Gasteiger partial charge in [-0.05, 0) is 37.8 Å². The van der Waals surface area contributed by atoms with Crippen LogP contribution in [0.15, 0.2) is 23.8 Å². The predicted molar refractivity (Wildman–Crippen MR) is 85.9 cm³/mol. The fraction of sp³-hybridized carbons (Fsp3) is 0.579. The van der Waals surface area contributed by atoms with Crippen LogP contribution in [0.3, 0.4) is 0 Å². The first kappa shape index (κ1) is 21.0. The van der Waals surface area contributed by atoms with Crippen LogP contribution < -0.4 is 4.74 Å². The zero-order valence-electron chi connectivity index (χ0n) is 15.1. The van der Waals surface area contributed by atoms with Crippen molar-refractivity contribution in [1.82, 2.24) is 0 Å². The maximum Gasteiger partial charge on any atom is 0.392 e. The van der Waals surface area contributed by atoms with Crippen LogP contribution in [0.1, 0.15) is 44.6 Å². The Hall–Kier alpha value is -1.77. The standard InChI is InChI=1S/C19H19F7O2/c1-17-4-6-18(7-5-17,16(23)15(17)22)28-10-11-2-3-12(14(21)13(11)20)27-9-8-19(24,25)26/h2-3H,4-10H2,1H3. The van der Waals surface area contributed by atoms with Gasteiger partial charge in [0, 0.05) is 11.0 Å². The molecule has 0 spiro atoms. The molecule has 0 N–H and O–H groups in total. The maximum absolute atomic E-state index is 14.5. The molecule has 0 saturated heterocycles. The van der Waals surface area contributed by atoms with Crippen molar-refractivity contribution in [3.63, 3.8) is 0 Å². The Morgan fingerprint density at radius 3 is 2.18 bits per heavy atom. The highest BCUT2D eigenvalue weighted by Gasteiger charge is 2.54. The van der Waals surface area contributed by atoms with Crippen LogP contribution in [-0.2, 0) is 11.3 Å². The van der Waals surface area contributed by atoms with Gasteiger partial charge in [0.2, 0.25) is 5.82 Å². The van der Waals surface area contributed by atoms with E-state index in [9.17, 15) is 30.7 Å². The molecule has 1 aromatic carbocycles. The fourth-order valence-electron chi connectivity index (χ4n) is 3.60. The number of rotatable bonds is 6. The van der Waals surface area contributed by atoms with Crippen LogP contribution in [0, 0.1) is 17.0 Å². The number of halogens is 7. The van der Waals surface area contributed by atoms with Gasteiger partial charge in [-0.15, -0.1) is 0 Å². The fourth-order valence-corrected chi connectivity index (χ4v) is 3.60. The average molecular weight is 412 g/mol. The minimum Gasteiger partial charge on any atom is -0.490 e. The van der Waals surface area contributed by atoms with Crippen LogP contribution in [0.5, 0.6) is 5.75 Å². The summed E-state index contributed by atoms with van der Waals surface area (Å²) in [5.74, 6) is -5.33. The van der Waals surface area contributed by atoms with E-state index in [1.54, 1.807) is 6.92 Å². The molecule has 4 rings (SSSR count). The first-order chi connectivity index (χ1) is 13.0. The summed E-state index contributed by atoms with van der Waals surface area (Å²) in [4.78, 5) is 0. The van der Waals surface area contributed by atoms with Crippen LogP contribution >= 0.6 is 0 Å². The maximum atomic E-state index is 14.5. The summed E-state index contributed by atoms with van der Waals surface area (Å²) in [5, 5.41) is 0. The van der Waals surface area contributed by atoms with E-state index >= 15 is 0 Å². The van der Waals surface area contributed by atoms with Gasteiger partial charge >= 0.3 is 6.18 Å². The van der Waals surface area contributed by atoms with Gasteiger partial charge < -0.3 is 9.47 Å². The first-order valence-corrected chi connectivity index (χ1v) is 8.84. The van der Waals surface area contributed by atoms with Gasteiger partial charge in [0.15, 0.2) is 17.4 Å². The lowest BCUT2D eigenvalue weighted by molar-refractivity contribution is -0.139. The van der Waals surface area contributed by atoms with Crippen molar-refractivity contribution in [2.45, 2.75) is 57.4 Å². The van der Waals surface area contributed by atoms with Crippen molar-refractivity contribution < 1.29 is 40.2 Å². The monoisotopic (exact) mass is 412 g/mol. The number of fused-ring (bicyclic) bond motifs is 2. The summed E-state index contributed by atoms with van der Waals surface area (Å²) in [7, 11) is 0. The molecule has 0 unspecified atom stereocenters. The Kier molecular flexibility index (Phi) is 5.42. The van der Waals surface area contributed by atoms with Crippen molar-refractivity contribution >= 4 is 0 Å². The van der Waals surface area contributed by atoms with Gasteiger partial charge in [0.25, 0.3) is 0 Å². The average Bonchev–Trinajstić information content (AvgIpc) is 2.63. The van der Waals surface area contributed by atoms with E-state index in [-0.39, 0.29) is 18.4 Å². The molecule has 0 aromatic heterocycles. The highest BCUT2D eigenvalue weighted by Crippen LogP contribution is 2.57. The van der Waals surface area contributed by atoms with Crippen molar-refractivity contribution in [1.29, 1.82) is 0 Å². The molecule has 0 atom stereocenters. The number of alkyl halides is 3. The normalized spacial score (nSPS) is 27.4. The van der Waals surface area contributed by atoms with E-state index in [1.165, 1.54) is 0 Å². The molecule has 0 radical (unpaired) electrons. The number of benzene rings is 1. The van der Waals surface area contributed by atoms with Gasteiger partial charge in [-0.3, -0.25) is 0 Å². The molecule has 1 saturated carbocycles. The molecule has 0 amide bonds. The summed E-state index contributed by atoms with van der Waals surface area (Å²) in [6.45, 7) is 0.271. The Morgan fingerprint density at radius 1 is 0.929 bits per heavy atom. The van der Waals surface area contributed by atoms with Crippen LogP contribution in [-0.4, -0.2) is 18.4 Å². The summed E-state index contributed by atoms with van der Waals surface area (Å²) in [6, 6.07) is 2.07.